The van der Waals surface area contributed by atoms with E-state index >= 15 is 0 Å². The average molecular weight is 520 g/mol. The molecule has 190 valence electrons. The van der Waals surface area contributed by atoms with Crippen LogP contribution in [-0.2, 0) is 5.60 Å². The Hall–Kier alpha value is -3.74. The second-order valence-electron chi connectivity index (χ2n) is 9.09. The first-order chi connectivity index (χ1) is 17.8. The van der Waals surface area contributed by atoms with E-state index in [1.54, 1.807) is 23.2 Å². The summed E-state index contributed by atoms with van der Waals surface area (Å²) in [5.74, 6) is -0.108. The molecule has 0 bridgehead atoms. The van der Waals surface area contributed by atoms with Gasteiger partial charge >= 0.3 is 0 Å². The number of rotatable bonds is 6. The number of phenols is 1. The number of para-hydroxylation sites is 1. The number of hydrogen-bond acceptors (Lipinski definition) is 6. The number of hydrogen-bond donors (Lipinski definition) is 3. The number of likely N-dealkylation sites (tertiary alicyclic amines) is 1. The number of nitrogens with zero attached hydrogens (tertiary/aromatic N) is 2. The van der Waals surface area contributed by atoms with Gasteiger partial charge in [0.05, 0.1) is 5.60 Å². The number of aliphatic hydroxyl groups is 1. The van der Waals surface area contributed by atoms with Gasteiger partial charge in [-0.25, -0.2) is 4.39 Å². The summed E-state index contributed by atoms with van der Waals surface area (Å²) in [7, 11) is -1.04. The number of halogens is 1. The zero-order valence-corrected chi connectivity index (χ0v) is 21.2. The normalized spacial score (nSPS) is 15.8. The van der Waals surface area contributed by atoms with Gasteiger partial charge in [0.1, 0.15) is 17.1 Å². The van der Waals surface area contributed by atoms with Crippen LogP contribution in [0.2, 0.25) is 0 Å². The van der Waals surface area contributed by atoms with E-state index in [2.05, 4.69) is 10.1 Å². The van der Waals surface area contributed by atoms with Gasteiger partial charge in [-0.15, -0.1) is 0 Å². The Morgan fingerprint density at radius 3 is 2.57 bits per heavy atom. The summed E-state index contributed by atoms with van der Waals surface area (Å²) in [5, 5.41) is 25.5. The number of aromatic hydroxyl groups is 1. The van der Waals surface area contributed by atoms with Crippen LogP contribution < -0.4 is 9.61 Å². The summed E-state index contributed by atoms with van der Waals surface area (Å²) < 4.78 is 19.8. The van der Waals surface area contributed by atoms with E-state index in [1.807, 2.05) is 49.1 Å². The SMILES string of the molecule is CP(Nc1ccc(C(=O)N2CCC(O)(c3cc(F)ccc3O)CC2)cc1)Oc1cccc2cccnc12. The van der Waals surface area contributed by atoms with Gasteiger partial charge in [-0.3, -0.25) is 9.78 Å². The van der Waals surface area contributed by atoms with Crippen LogP contribution in [-0.4, -0.2) is 45.8 Å². The van der Waals surface area contributed by atoms with Gasteiger partial charge in [-0.05, 0) is 67.4 Å². The number of anilines is 1. The molecule has 1 saturated heterocycles. The zero-order chi connectivity index (χ0) is 26.0. The second kappa shape index (κ2) is 10.3. The fourth-order valence-electron chi connectivity index (χ4n) is 4.60. The molecule has 1 atom stereocenters. The van der Waals surface area contributed by atoms with Crippen molar-refractivity contribution in [2.24, 2.45) is 0 Å². The Kier molecular flexibility index (Phi) is 6.96. The highest BCUT2D eigenvalue weighted by molar-refractivity contribution is 7.53. The number of piperidine rings is 1. The van der Waals surface area contributed by atoms with Crippen molar-refractivity contribution < 1.29 is 23.9 Å². The predicted octanol–water partition coefficient (Wildman–Crippen LogP) is 5.64. The van der Waals surface area contributed by atoms with Crippen molar-refractivity contribution in [3.63, 3.8) is 0 Å². The zero-order valence-electron chi connectivity index (χ0n) is 20.3. The lowest BCUT2D eigenvalue weighted by Crippen LogP contribution is -2.45. The monoisotopic (exact) mass is 519 g/mol. The largest absolute Gasteiger partial charge is 0.508 e. The van der Waals surface area contributed by atoms with Gasteiger partial charge in [0, 0.05) is 48.2 Å². The predicted molar refractivity (Wildman–Crippen MR) is 142 cm³/mol. The smallest absolute Gasteiger partial charge is 0.253 e. The minimum Gasteiger partial charge on any atom is -0.508 e. The van der Waals surface area contributed by atoms with Crippen LogP contribution >= 0.6 is 8.30 Å². The van der Waals surface area contributed by atoms with Crippen molar-refractivity contribution in [3.05, 3.63) is 95.9 Å². The van der Waals surface area contributed by atoms with E-state index in [-0.39, 0.29) is 30.1 Å². The summed E-state index contributed by atoms with van der Waals surface area (Å²) >= 11 is 0. The van der Waals surface area contributed by atoms with E-state index in [1.165, 1.54) is 6.07 Å². The van der Waals surface area contributed by atoms with Crippen LogP contribution in [0.1, 0.15) is 28.8 Å². The number of carbonyl (C=O) groups excluding carboxylic acids is 1. The first-order valence-electron chi connectivity index (χ1n) is 12.0. The number of carbonyl (C=O) groups is 1. The molecule has 3 N–H and O–H groups in total. The molecule has 1 fully saturated rings. The molecule has 7 nitrogen and oxygen atoms in total. The van der Waals surface area contributed by atoms with Crippen molar-refractivity contribution in [2.45, 2.75) is 18.4 Å². The van der Waals surface area contributed by atoms with Crippen molar-refractivity contribution >= 4 is 30.8 Å². The van der Waals surface area contributed by atoms with Gasteiger partial charge in [-0.1, -0.05) is 18.2 Å². The lowest BCUT2D eigenvalue weighted by atomic mass is 9.83. The van der Waals surface area contributed by atoms with Crippen LogP contribution in [0.5, 0.6) is 11.5 Å². The highest BCUT2D eigenvalue weighted by Crippen LogP contribution is 2.39. The molecule has 9 heteroatoms. The quantitative estimate of drug-likeness (QED) is 0.286. The number of aromatic nitrogens is 1. The Morgan fingerprint density at radius 1 is 1.08 bits per heavy atom. The molecule has 1 unspecified atom stereocenters. The third-order valence-electron chi connectivity index (χ3n) is 6.59. The molecule has 2 heterocycles. The van der Waals surface area contributed by atoms with Crippen LogP contribution in [0.15, 0.2) is 79.0 Å². The fourth-order valence-corrected chi connectivity index (χ4v) is 5.60. The molecule has 1 amide bonds. The minimum absolute atomic E-state index is 0.145. The summed E-state index contributed by atoms with van der Waals surface area (Å²) in [6.45, 7) is 2.54. The van der Waals surface area contributed by atoms with Gasteiger partial charge in [0.15, 0.2) is 14.0 Å². The summed E-state index contributed by atoms with van der Waals surface area (Å²) in [5.41, 5.74) is 0.946. The van der Waals surface area contributed by atoms with Gasteiger partial charge in [0.25, 0.3) is 5.91 Å². The number of pyridine rings is 1. The fraction of sp³-hybridized carbons (Fsp3) is 0.214. The molecule has 0 radical (unpaired) electrons. The van der Waals surface area contributed by atoms with Gasteiger partial charge in [-0.2, -0.15) is 0 Å². The maximum atomic E-state index is 13.7. The van der Waals surface area contributed by atoms with Crippen molar-refractivity contribution in [1.82, 2.24) is 9.88 Å². The molecule has 37 heavy (non-hydrogen) atoms. The van der Waals surface area contributed by atoms with Crippen LogP contribution in [0.4, 0.5) is 10.1 Å². The average Bonchev–Trinajstić information content (AvgIpc) is 2.91. The molecule has 0 aliphatic carbocycles. The Balaban J connectivity index is 1.19. The topological polar surface area (TPSA) is 94.9 Å². The highest BCUT2D eigenvalue weighted by atomic mass is 31.2. The molecule has 1 aliphatic rings. The van der Waals surface area contributed by atoms with E-state index in [0.717, 1.165) is 28.7 Å². The molecular weight excluding hydrogens is 492 g/mol. The highest BCUT2D eigenvalue weighted by Gasteiger charge is 2.37. The third-order valence-corrected chi connectivity index (χ3v) is 7.63. The second-order valence-corrected chi connectivity index (χ2v) is 10.5. The number of benzene rings is 3. The summed E-state index contributed by atoms with van der Waals surface area (Å²) in [6, 6.07) is 20.4. The van der Waals surface area contributed by atoms with E-state index in [4.69, 9.17) is 4.52 Å². The van der Waals surface area contributed by atoms with E-state index in [0.29, 0.717) is 24.4 Å². The standard InChI is InChI=1S/C28H27FN3O4P/c1-37(36-25-6-2-4-19-5-3-15-30-26(19)25)31-22-10-7-20(8-11-22)27(34)32-16-13-28(35,14-17-32)23-18-21(29)9-12-24(23)33/h2-12,15,18,31,33,35H,13-14,16-17H2,1H3. The molecule has 5 rings (SSSR count). The summed E-state index contributed by atoms with van der Waals surface area (Å²) in [6.07, 6.45) is 2.15. The van der Waals surface area contributed by atoms with Crippen LogP contribution in [0.25, 0.3) is 10.9 Å². The van der Waals surface area contributed by atoms with E-state index in [9.17, 15) is 19.4 Å². The Labute approximate surface area is 215 Å². The lowest BCUT2D eigenvalue weighted by molar-refractivity contribution is -0.0227. The molecule has 1 aromatic heterocycles. The maximum absolute atomic E-state index is 13.7. The molecule has 0 spiro atoms. The van der Waals surface area contributed by atoms with Crippen LogP contribution in [0.3, 0.4) is 0 Å². The lowest BCUT2D eigenvalue weighted by Gasteiger charge is -2.38. The molecular formula is C28H27FN3O4P. The summed E-state index contributed by atoms with van der Waals surface area (Å²) in [4.78, 5) is 19.1. The van der Waals surface area contributed by atoms with Crippen molar-refractivity contribution in [3.8, 4) is 11.5 Å². The van der Waals surface area contributed by atoms with Gasteiger partial charge < -0.3 is 24.7 Å². The molecule has 0 saturated carbocycles. The maximum Gasteiger partial charge on any atom is 0.253 e. The van der Waals surface area contributed by atoms with Crippen molar-refractivity contribution in [1.29, 1.82) is 0 Å². The van der Waals surface area contributed by atoms with Gasteiger partial charge in [0.2, 0.25) is 0 Å². The Morgan fingerprint density at radius 2 is 1.81 bits per heavy atom. The molecule has 1 aliphatic heterocycles. The van der Waals surface area contributed by atoms with Crippen LogP contribution in [0, 0.1) is 5.82 Å². The van der Waals surface area contributed by atoms with Crippen molar-refractivity contribution in [2.75, 3.05) is 24.8 Å². The first-order valence-corrected chi connectivity index (χ1v) is 13.7. The molecule has 4 aromatic rings. The molecule has 3 aromatic carbocycles. The van der Waals surface area contributed by atoms with E-state index < -0.39 is 19.7 Å². The first kappa shape index (κ1) is 24.9. The number of fused-ring (bicyclic) bond motifs is 1. The number of nitrogens with one attached hydrogen (secondary N) is 1. The Bertz CT molecular complexity index is 1420. The minimum atomic E-state index is -1.38. The number of phenolic OH excluding ortho intramolecular Hbond substituents is 1. The number of amides is 1. The third kappa shape index (κ3) is 5.36.